The molecule has 0 spiro atoms. The van der Waals surface area contributed by atoms with Crippen molar-refractivity contribution < 1.29 is 0 Å². The summed E-state index contributed by atoms with van der Waals surface area (Å²) >= 11 is 7.14. The average Bonchev–Trinajstić information content (AvgIpc) is 2.44. The van der Waals surface area contributed by atoms with Crippen LogP contribution in [0.1, 0.15) is 16.0 Å². The van der Waals surface area contributed by atoms with Gasteiger partial charge in [0, 0.05) is 5.33 Å². The molecular formula is C10H8Br2. The number of rotatable bonds is 1. The maximum absolute atomic E-state index is 3.67. The highest BCUT2D eigenvalue weighted by Gasteiger charge is 2.20. The molecule has 2 heteroatoms. The Balaban J connectivity index is 2.47. The summed E-state index contributed by atoms with van der Waals surface area (Å²) in [6.45, 7) is 0. The first kappa shape index (κ1) is 8.52. The maximum Gasteiger partial charge on any atom is 0.0621 e. The van der Waals surface area contributed by atoms with Crippen LogP contribution >= 0.6 is 31.9 Å². The van der Waals surface area contributed by atoms with E-state index in [1.165, 1.54) is 16.7 Å². The number of alkyl halides is 2. The number of hydrogen-bond donors (Lipinski definition) is 0. The minimum atomic E-state index is 0.410. The van der Waals surface area contributed by atoms with Gasteiger partial charge in [-0.3, -0.25) is 0 Å². The van der Waals surface area contributed by atoms with Crippen LogP contribution in [0.3, 0.4) is 0 Å². The minimum absolute atomic E-state index is 0.410. The Morgan fingerprint density at radius 1 is 1.25 bits per heavy atom. The summed E-state index contributed by atoms with van der Waals surface area (Å²) in [6.07, 6.45) is 2.24. The van der Waals surface area contributed by atoms with Crippen LogP contribution in [0.4, 0.5) is 0 Å². The van der Waals surface area contributed by atoms with E-state index in [0.717, 1.165) is 5.33 Å². The van der Waals surface area contributed by atoms with Crippen LogP contribution in [0.5, 0.6) is 0 Å². The van der Waals surface area contributed by atoms with E-state index in [0.29, 0.717) is 4.83 Å². The normalized spacial score (nSPS) is 20.5. The summed E-state index contributed by atoms with van der Waals surface area (Å²) in [5.41, 5.74) is 4.12. The lowest BCUT2D eigenvalue weighted by Crippen LogP contribution is -1.89. The van der Waals surface area contributed by atoms with Crippen LogP contribution in [-0.2, 0) is 0 Å². The smallest absolute Gasteiger partial charge is 0.0621 e. The number of hydrogen-bond acceptors (Lipinski definition) is 0. The van der Waals surface area contributed by atoms with Crippen molar-refractivity contribution in [3.8, 4) is 0 Å². The third-order valence-electron chi connectivity index (χ3n) is 2.09. The number of benzene rings is 1. The summed E-state index contributed by atoms with van der Waals surface area (Å²) in [5.74, 6) is 0. The molecule has 0 saturated heterocycles. The van der Waals surface area contributed by atoms with E-state index in [1.807, 2.05) is 0 Å². The lowest BCUT2D eigenvalue weighted by atomic mass is 10.1. The van der Waals surface area contributed by atoms with Gasteiger partial charge in [0.2, 0.25) is 0 Å². The van der Waals surface area contributed by atoms with Crippen LogP contribution in [0.15, 0.2) is 29.8 Å². The van der Waals surface area contributed by atoms with Gasteiger partial charge < -0.3 is 0 Å². The van der Waals surface area contributed by atoms with E-state index in [4.69, 9.17) is 0 Å². The maximum atomic E-state index is 3.67. The quantitative estimate of drug-likeness (QED) is 0.687. The van der Waals surface area contributed by atoms with Crippen molar-refractivity contribution in [2.75, 3.05) is 5.33 Å². The summed E-state index contributed by atoms with van der Waals surface area (Å²) < 4.78 is 0. The Morgan fingerprint density at radius 3 is 2.67 bits per heavy atom. The predicted octanol–water partition coefficient (Wildman–Crippen LogP) is 3.91. The topological polar surface area (TPSA) is 0 Å². The fourth-order valence-corrected chi connectivity index (χ4v) is 3.08. The fourth-order valence-electron chi connectivity index (χ4n) is 1.45. The second-order valence-corrected chi connectivity index (χ2v) is 4.32. The van der Waals surface area contributed by atoms with Crippen LogP contribution < -0.4 is 0 Å². The summed E-state index contributed by atoms with van der Waals surface area (Å²) in [7, 11) is 0. The molecule has 0 fully saturated rings. The van der Waals surface area contributed by atoms with Gasteiger partial charge >= 0.3 is 0 Å². The zero-order valence-electron chi connectivity index (χ0n) is 6.43. The van der Waals surface area contributed by atoms with Gasteiger partial charge in [-0.25, -0.2) is 0 Å². The van der Waals surface area contributed by atoms with Crippen LogP contribution in [-0.4, -0.2) is 5.33 Å². The van der Waals surface area contributed by atoms with Crippen molar-refractivity contribution in [1.82, 2.24) is 0 Å². The van der Waals surface area contributed by atoms with Gasteiger partial charge in [0.15, 0.2) is 0 Å². The third kappa shape index (κ3) is 1.27. The molecule has 62 valence electrons. The lowest BCUT2D eigenvalue weighted by Gasteiger charge is -2.05. The Bertz CT molecular complexity index is 328. The fraction of sp³-hybridized carbons (Fsp3) is 0.200. The lowest BCUT2D eigenvalue weighted by molar-refractivity contribution is 1.19. The molecule has 0 saturated carbocycles. The van der Waals surface area contributed by atoms with Gasteiger partial charge in [0.05, 0.1) is 4.83 Å². The first-order valence-corrected chi connectivity index (χ1v) is 5.86. The van der Waals surface area contributed by atoms with Crippen molar-refractivity contribution in [1.29, 1.82) is 0 Å². The van der Waals surface area contributed by atoms with Gasteiger partial charge in [-0.15, -0.1) is 0 Å². The molecule has 2 rings (SSSR count). The first-order chi connectivity index (χ1) is 5.83. The second-order valence-electron chi connectivity index (χ2n) is 2.84. The molecule has 0 unspecified atom stereocenters. The van der Waals surface area contributed by atoms with Crippen molar-refractivity contribution in [3.05, 3.63) is 41.0 Å². The molecule has 0 nitrogen and oxygen atoms in total. The molecule has 0 bridgehead atoms. The number of allylic oxidation sites excluding steroid dienone is 1. The van der Waals surface area contributed by atoms with E-state index in [-0.39, 0.29) is 0 Å². The van der Waals surface area contributed by atoms with Gasteiger partial charge in [0.25, 0.3) is 0 Å². The Kier molecular flexibility index (Phi) is 2.37. The molecule has 0 N–H and O–H groups in total. The first-order valence-electron chi connectivity index (χ1n) is 3.82. The monoisotopic (exact) mass is 286 g/mol. The molecule has 0 aromatic heterocycles. The summed E-state index contributed by atoms with van der Waals surface area (Å²) in [5, 5.41) is 0.942. The standard InChI is InChI=1S/C10H8Br2/c11-6-8-5-7-3-1-2-4-9(7)10(8)12/h1-5,10H,6H2/t10-/m1/s1. The van der Waals surface area contributed by atoms with E-state index < -0.39 is 0 Å². The number of fused-ring (bicyclic) bond motifs is 1. The van der Waals surface area contributed by atoms with E-state index >= 15 is 0 Å². The molecule has 1 aromatic carbocycles. The van der Waals surface area contributed by atoms with E-state index in [1.54, 1.807) is 0 Å². The van der Waals surface area contributed by atoms with Crippen molar-refractivity contribution in [3.63, 3.8) is 0 Å². The van der Waals surface area contributed by atoms with E-state index in [9.17, 15) is 0 Å². The Labute approximate surface area is 88.9 Å². The highest BCUT2D eigenvalue weighted by atomic mass is 79.9. The van der Waals surface area contributed by atoms with E-state index in [2.05, 4.69) is 62.2 Å². The second kappa shape index (κ2) is 3.35. The molecule has 0 radical (unpaired) electrons. The Morgan fingerprint density at radius 2 is 2.00 bits per heavy atom. The van der Waals surface area contributed by atoms with Crippen LogP contribution in [0.25, 0.3) is 6.08 Å². The third-order valence-corrected chi connectivity index (χ3v) is 3.82. The van der Waals surface area contributed by atoms with Gasteiger partial charge in [0.1, 0.15) is 0 Å². The van der Waals surface area contributed by atoms with Gasteiger partial charge in [-0.2, -0.15) is 0 Å². The predicted molar refractivity (Wildman–Crippen MR) is 59.9 cm³/mol. The molecule has 1 aromatic rings. The molecule has 12 heavy (non-hydrogen) atoms. The Hall–Kier alpha value is -0.0800. The minimum Gasteiger partial charge on any atom is -0.0879 e. The molecule has 0 aliphatic heterocycles. The molecule has 1 atom stereocenters. The molecule has 1 aliphatic carbocycles. The van der Waals surface area contributed by atoms with Gasteiger partial charge in [-0.1, -0.05) is 62.2 Å². The molecule has 0 heterocycles. The zero-order valence-corrected chi connectivity index (χ0v) is 9.60. The highest BCUT2D eigenvalue weighted by Crippen LogP contribution is 2.40. The van der Waals surface area contributed by atoms with Crippen LogP contribution in [0.2, 0.25) is 0 Å². The van der Waals surface area contributed by atoms with Crippen molar-refractivity contribution in [2.45, 2.75) is 4.83 Å². The summed E-state index contributed by atoms with van der Waals surface area (Å²) in [6, 6.07) is 8.48. The zero-order chi connectivity index (χ0) is 8.55. The molecule has 0 amide bonds. The van der Waals surface area contributed by atoms with Crippen molar-refractivity contribution in [2.24, 2.45) is 0 Å². The largest absolute Gasteiger partial charge is 0.0879 e. The average molecular weight is 288 g/mol. The highest BCUT2D eigenvalue weighted by molar-refractivity contribution is 9.10. The molecule has 1 aliphatic rings. The SMILES string of the molecule is BrCC1=Cc2ccccc2[C@@H]1Br. The summed E-state index contributed by atoms with van der Waals surface area (Å²) in [4.78, 5) is 0.410. The van der Waals surface area contributed by atoms with Gasteiger partial charge in [-0.05, 0) is 16.7 Å². The molecular weight excluding hydrogens is 280 g/mol. The van der Waals surface area contributed by atoms with Crippen LogP contribution in [0, 0.1) is 0 Å². The number of halogens is 2. The van der Waals surface area contributed by atoms with Crippen molar-refractivity contribution >= 4 is 37.9 Å².